The van der Waals surface area contributed by atoms with Gasteiger partial charge in [0.05, 0.1) is 10.5 Å². The van der Waals surface area contributed by atoms with Crippen molar-refractivity contribution in [1.29, 1.82) is 0 Å². The molecule has 0 unspecified atom stereocenters. The van der Waals surface area contributed by atoms with E-state index in [-0.39, 0.29) is 37.6 Å². The van der Waals surface area contributed by atoms with Gasteiger partial charge >= 0.3 is 6.18 Å². The zero-order valence-corrected chi connectivity index (χ0v) is 17.5. The summed E-state index contributed by atoms with van der Waals surface area (Å²) in [5.41, 5.74) is -0.311. The minimum absolute atomic E-state index is 0.0693. The van der Waals surface area contributed by atoms with Gasteiger partial charge in [-0.2, -0.15) is 17.5 Å². The Kier molecular flexibility index (Phi) is 6.51. The zero-order chi connectivity index (χ0) is 22.8. The first-order valence-corrected chi connectivity index (χ1v) is 11.0. The minimum atomic E-state index is -4.80. The Hall–Kier alpha value is -2.72. The van der Waals surface area contributed by atoms with Crippen LogP contribution in [-0.4, -0.2) is 37.5 Å². The lowest BCUT2D eigenvalue weighted by Crippen LogP contribution is -2.41. The summed E-state index contributed by atoms with van der Waals surface area (Å²) in [6, 6.07) is 10.5. The second-order valence-corrected chi connectivity index (χ2v) is 9.20. The van der Waals surface area contributed by atoms with E-state index < -0.39 is 32.6 Å². The monoisotopic (exact) mass is 454 g/mol. The lowest BCUT2D eigenvalue weighted by Gasteiger charge is -2.31. The van der Waals surface area contributed by atoms with E-state index in [0.717, 1.165) is 22.5 Å². The van der Waals surface area contributed by atoms with Crippen LogP contribution >= 0.6 is 0 Å². The number of carbonyl (C=O) groups is 2. The van der Waals surface area contributed by atoms with E-state index in [1.807, 2.05) is 0 Å². The molecule has 0 atom stereocenters. The van der Waals surface area contributed by atoms with Crippen molar-refractivity contribution in [3.05, 3.63) is 59.7 Å². The molecule has 166 valence electrons. The molecule has 0 spiro atoms. The quantitative estimate of drug-likeness (QED) is 0.694. The number of carbonyl (C=O) groups excluding carboxylic acids is 2. The van der Waals surface area contributed by atoms with E-state index in [1.54, 1.807) is 24.3 Å². The minimum Gasteiger partial charge on any atom is -0.326 e. The maximum absolute atomic E-state index is 13.2. The maximum Gasteiger partial charge on any atom is 0.417 e. The molecule has 0 saturated carbocycles. The largest absolute Gasteiger partial charge is 0.417 e. The molecule has 1 aliphatic rings. The summed E-state index contributed by atoms with van der Waals surface area (Å²) >= 11 is 0. The molecule has 1 amide bonds. The third-order valence-electron chi connectivity index (χ3n) is 5.17. The molecule has 6 nitrogen and oxygen atoms in total. The lowest BCUT2D eigenvalue weighted by atomic mass is 9.97. The topological polar surface area (TPSA) is 83.6 Å². The van der Waals surface area contributed by atoms with Crippen LogP contribution in [0.15, 0.2) is 53.4 Å². The van der Waals surface area contributed by atoms with Crippen molar-refractivity contribution in [1.82, 2.24) is 4.31 Å². The molecule has 3 rings (SSSR count). The number of sulfonamides is 1. The molecule has 0 aromatic heterocycles. The Morgan fingerprint density at radius 3 is 2.29 bits per heavy atom. The molecular weight excluding hydrogens is 433 g/mol. The second kappa shape index (κ2) is 8.80. The zero-order valence-electron chi connectivity index (χ0n) is 16.6. The van der Waals surface area contributed by atoms with Crippen molar-refractivity contribution in [2.24, 2.45) is 5.92 Å². The van der Waals surface area contributed by atoms with Crippen LogP contribution in [0.25, 0.3) is 0 Å². The number of nitrogens with zero attached hydrogens (tertiary/aromatic N) is 1. The molecule has 0 aliphatic carbocycles. The fourth-order valence-corrected chi connectivity index (χ4v) is 5.17. The van der Waals surface area contributed by atoms with Gasteiger partial charge < -0.3 is 5.32 Å². The summed E-state index contributed by atoms with van der Waals surface area (Å²) in [7, 11) is -4.35. The Morgan fingerprint density at radius 2 is 1.68 bits per heavy atom. The van der Waals surface area contributed by atoms with Crippen LogP contribution in [0.5, 0.6) is 0 Å². The van der Waals surface area contributed by atoms with Crippen LogP contribution in [0.1, 0.15) is 35.7 Å². The first kappa shape index (κ1) is 23.0. The molecule has 10 heteroatoms. The normalized spacial score (nSPS) is 16.1. The molecule has 2 aromatic carbocycles. The average Bonchev–Trinajstić information content (AvgIpc) is 2.73. The van der Waals surface area contributed by atoms with Crippen LogP contribution < -0.4 is 5.32 Å². The standard InChI is InChI=1S/C21H21F3N2O4S/c1-14(27)16-5-4-6-17(13-16)25-20(28)15-9-11-26(12-10-15)31(29,30)19-8-3-2-7-18(19)21(22,23)24/h2-8,13,15H,9-12H2,1H3,(H,25,28). The molecule has 1 aliphatic heterocycles. The van der Waals surface area contributed by atoms with Gasteiger partial charge in [0.2, 0.25) is 15.9 Å². The molecule has 31 heavy (non-hydrogen) atoms. The number of amides is 1. The van der Waals surface area contributed by atoms with Crippen molar-refractivity contribution >= 4 is 27.4 Å². The van der Waals surface area contributed by atoms with Gasteiger partial charge in [0.1, 0.15) is 0 Å². The summed E-state index contributed by atoms with van der Waals surface area (Å²) in [6.45, 7) is 1.27. The van der Waals surface area contributed by atoms with Crippen molar-refractivity contribution in [3.63, 3.8) is 0 Å². The van der Waals surface area contributed by atoms with E-state index >= 15 is 0 Å². The number of halogens is 3. The van der Waals surface area contributed by atoms with Crippen molar-refractivity contribution in [2.75, 3.05) is 18.4 Å². The van der Waals surface area contributed by atoms with E-state index in [0.29, 0.717) is 11.3 Å². The summed E-state index contributed by atoms with van der Waals surface area (Å²) < 4.78 is 66.3. The Bertz CT molecular complexity index is 1090. The number of alkyl halides is 3. The number of piperidine rings is 1. The van der Waals surface area contributed by atoms with E-state index in [1.165, 1.54) is 13.0 Å². The highest BCUT2D eigenvalue weighted by Gasteiger charge is 2.40. The van der Waals surface area contributed by atoms with Gasteiger partial charge in [-0.05, 0) is 44.0 Å². The van der Waals surface area contributed by atoms with Crippen LogP contribution in [0, 0.1) is 5.92 Å². The molecule has 1 heterocycles. The highest BCUT2D eigenvalue weighted by atomic mass is 32.2. The van der Waals surface area contributed by atoms with Gasteiger partial charge in [-0.15, -0.1) is 0 Å². The lowest BCUT2D eigenvalue weighted by molar-refractivity contribution is -0.139. The van der Waals surface area contributed by atoms with E-state index in [9.17, 15) is 31.2 Å². The smallest absolute Gasteiger partial charge is 0.326 e. The first-order valence-electron chi connectivity index (χ1n) is 9.58. The Balaban J connectivity index is 1.69. The highest BCUT2D eigenvalue weighted by Crippen LogP contribution is 2.36. The summed E-state index contributed by atoms with van der Waals surface area (Å²) in [5, 5.41) is 2.71. The summed E-state index contributed by atoms with van der Waals surface area (Å²) in [4.78, 5) is 23.2. The number of anilines is 1. The molecule has 2 aromatic rings. The maximum atomic E-state index is 13.2. The van der Waals surface area contributed by atoms with E-state index in [2.05, 4.69) is 5.32 Å². The second-order valence-electron chi connectivity index (χ2n) is 7.30. The molecule has 1 N–H and O–H groups in total. The van der Waals surface area contributed by atoms with Crippen LogP contribution in [0.2, 0.25) is 0 Å². The fraction of sp³-hybridized carbons (Fsp3) is 0.333. The number of Topliss-reactive ketones (excluding diaryl/α,β-unsaturated/α-hetero) is 1. The Labute approximate surface area is 178 Å². The molecular formula is C21H21F3N2O4S. The SMILES string of the molecule is CC(=O)c1cccc(NC(=O)C2CCN(S(=O)(=O)c3ccccc3C(F)(F)F)CC2)c1. The number of nitrogens with one attached hydrogen (secondary N) is 1. The van der Waals surface area contributed by atoms with E-state index in [4.69, 9.17) is 0 Å². The predicted octanol–water partition coefficient (Wildman–Crippen LogP) is 3.95. The van der Waals surface area contributed by atoms with Crippen LogP contribution in [0.3, 0.4) is 0 Å². The fourth-order valence-electron chi connectivity index (χ4n) is 3.48. The van der Waals surface area contributed by atoms with Crippen LogP contribution in [-0.2, 0) is 21.0 Å². The molecule has 0 bridgehead atoms. The van der Waals surface area contributed by atoms with Gasteiger partial charge in [0.25, 0.3) is 0 Å². The van der Waals surface area contributed by atoms with Gasteiger partial charge in [-0.25, -0.2) is 8.42 Å². The number of ketones is 1. The molecule has 1 fully saturated rings. The number of hydrogen-bond donors (Lipinski definition) is 1. The third kappa shape index (κ3) is 5.13. The van der Waals surface area contributed by atoms with Gasteiger partial charge in [-0.1, -0.05) is 24.3 Å². The number of benzene rings is 2. The van der Waals surface area contributed by atoms with Crippen LogP contribution in [0.4, 0.5) is 18.9 Å². The van der Waals surface area contributed by atoms with Gasteiger partial charge in [0.15, 0.2) is 5.78 Å². The summed E-state index contributed by atoms with van der Waals surface area (Å²) in [6.07, 6.45) is -4.45. The first-order chi connectivity index (χ1) is 14.5. The average molecular weight is 454 g/mol. The Morgan fingerprint density at radius 1 is 1.03 bits per heavy atom. The molecule has 1 saturated heterocycles. The van der Waals surface area contributed by atoms with Crippen molar-refractivity contribution < 1.29 is 31.2 Å². The summed E-state index contributed by atoms with van der Waals surface area (Å²) in [5.74, 6) is -0.965. The van der Waals surface area contributed by atoms with Crippen molar-refractivity contribution in [2.45, 2.75) is 30.8 Å². The van der Waals surface area contributed by atoms with Gasteiger partial charge in [0, 0.05) is 30.3 Å². The highest BCUT2D eigenvalue weighted by molar-refractivity contribution is 7.89. The predicted molar refractivity (Wildman–Crippen MR) is 108 cm³/mol. The van der Waals surface area contributed by atoms with Crippen molar-refractivity contribution in [3.8, 4) is 0 Å². The number of hydrogen-bond acceptors (Lipinski definition) is 4. The molecule has 0 radical (unpaired) electrons. The third-order valence-corrected chi connectivity index (χ3v) is 7.13. The number of rotatable bonds is 5. The van der Waals surface area contributed by atoms with Gasteiger partial charge in [-0.3, -0.25) is 9.59 Å².